The summed E-state index contributed by atoms with van der Waals surface area (Å²) in [5, 5.41) is 10.7. The Morgan fingerprint density at radius 2 is 1.63 bits per heavy atom. The standard InChI is InChI=1S/C21H23N3O5S/c1-16-3-9-20(15-17(16)2)30(28,29)23-13-11-22(12-14-23)21(25)10-6-18-4-7-19(8-5-18)24(26)27/h3-10,15H,11-14H2,1-2H3/b10-6+. The Morgan fingerprint density at radius 1 is 1.00 bits per heavy atom. The molecule has 2 aromatic rings. The lowest BCUT2D eigenvalue weighted by atomic mass is 10.1. The molecule has 0 N–H and O–H groups in total. The number of carbonyl (C=O) groups is 1. The molecule has 8 nitrogen and oxygen atoms in total. The fourth-order valence-electron chi connectivity index (χ4n) is 3.15. The monoisotopic (exact) mass is 429 g/mol. The summed E-state index contributed by atoms with van der Waals surface area (Å²) >= 11 is 0. The Morgan fingerprint density at radius 3 is 2.20 bits per heavy atom. The van der Waals surface area contributed by atoms with Gasteiger partial charge >= 0.3 is 0 Å². The van der Waals surface area contributed by atoms with Crippen LogP contribution in [0.1, 0.15) is 16.7 Å². The Kier molecular flexibility index (Phi) is 6.33. The highest BCUT2D eigenvalue weighted by molar-refractivity contribution is 7.89. The van der Waals surface area contributed by atoms with E-state index in [9.17, 15) is 23.3 Å². The minimum atomic E-state index is -3.59. The molecule has 0 spiro atoms. The molecule has 0 saturated carbocycles. The number of nitro benzene ring substituents is 1. The number of carbonyl (C=O) groups excluding carboxylic acids is 1. The summed E-state index contributed by atoms with van der Waals surface area (Å²) in [6, 6.07) is 11.0. The number of rotatable bonds is 5. The maximum atomic E-state index is 12.9. The first-order valence-electron chi connectivity index (χ1n) is 9.47. The van der Waals surface area contributed by atoms with Gasteiger partial charge in [0.1, 0.15) is 0 Å². The van der Waals surface area contributed by atoms with Gasteiger partial charge in [-0.05, 0) is 60.9 Å². The summed E-state index contributed by atoms with van der Waals surface area (Å²) in [5.74, 6) is -0.225. The van der Waals surface area contributed by atoms with Crippen molar-refractivity contribution in [1.29, 1.82) is 0 Å². The minimum Gasteiger partial charge on any atom is -0.337 e. The van der Waals surface area contributed by atoms with E-state index in [-0.39, 0.29) is 29.6 Å². The number of piperazine rings is 1. The van der Waals surface area contributed by atoms with Crippen molar-refractivity contribution >= 4 is 27.7 Å². The van der Waals surface area contributed by atoms with Gasteiger partial charge in [0.15, 0.2) is 0 Å². The Balaban J connectivity index is 1.61. The Hall–Kier alpha value is -3.04. The van der Waals surface area contributed by atoms with Crippen molar-refractivity contribution in [2.45, 2.75) is 18.7 Å². The molecule has 1 aliphatic rings. The molecule has 0 atom stereocenters. The third-order valence-corrected chi connectivity index (χ3v) is 7.08. The van der Waals surface area contributed by atoms with Gasteiger partial charge in [0.2, 0.25) is 15.9 Å². The van der Waals surface area contributed by atoms with E-state index in [2.05, 4.69) is 0 Å². The van der Waals surface area contributed by atoms with Crippen LogP contribution in [0, 0.1) is 24.0 Å². The summed E-state index contributed by atoms with van der Waals surface area (Å²) in [5.41, 5.74) is 2.61. The van der Waals surface area contributed by atoms with Crippen molar-refractivity contribution < 1.29 is 18.1 Å². The van der Waals surface area contributed by atoms with E-state index in [0.29, 0.717) is 18.7 Å². The largest absolute Gasteiger partial charge is 0.337 e. The molecule has 30 heavy (non-hydrogen) atoms. The molecule has 0 aromatic heterocycles. The second-order valence-corrected chi connectivity index (χ2v) is 9.10. The zero-order valence-corrected chi connectivity index (χ0v) is 17.6. The maximum Gasteiger partial charge on any atom is 0.269 e. The normalized spacial score (nSPS) is 15.5. The average molecular weight is 429 g/mol. The lowest BCUT2D eigenvalue weighted by molar-refractivity contribution is -0.384. The predicted octanol–water partition coefficient (Wildman–Crippen LogP) is 2.76. The quantitative estimate of drug-likeness (QED) is 0.413. The number of amides is 1. The van der Waals surface area contributed by atoms with Crippen LogP contribution < -0.4 is 0 Å². The van der Waals surface area contributed by atoms with Crippen molar-refractivity contribution in [2.75, 3.05) is 26.2 Å². The molecule has 1 amide bonds. The van der Waals surface area contributed by atoms with Crippen molar-refractivity contribution in [1.82, 2.24) is 9.21 Å². The fraction of sp³-hybridized carbons (Fsp3) is 0.286. The second-order valence-electron chi connectivity index (χ2n) is 7.16. The smallest absolute Gasteiger partial charge is 0.269 e. The van der Waals surface area contributed by atoms with Crippen LogP contribution in [0.4, 0.5) is 5.69 Å². The van der Waals surface area contributed by atoms with Crippen LogP contribution in [-0.4, -0.2) is 54.6 Å². The second kappa shape index (κ2) is 8.76. The topological polar surface area (TPSA) is 101 Å². The van der Waals surface area contributed by atoms with Gasteiger partial charge in [-0.15, -0.1) is 0 Å². The number of nitrogens with zero attached hydrogens (tertiary/aromatic N) is 3. The zero-order valence-electron chi connectivity index (χ0n) is 16.8. The minimum absolute atomic E-state index is 0.0143. The molecular formula is C21H23N3O5S. The van der Waals surface area contributed by atoms with Crippen LogP contribution in [0.15, 0.2) is 53.4 Å². The van der Waals surface area contributed by atoms with Gasteiger partial charge in [-0.25, -0.2) is 8.42 Å². The first kappa shape index (κ1) is 21.7. The van der Waals surface area contributed by atoms with Crippen molar-refractivity contribution in [3.05, 3.63) is 75.3 Å². The van der Waals surface area contributed by atoms with Gasteiger partial charge in [-0.2, -0.15) is 4.31 Å². The first-order valence-corrected chi connectivity index (χ1v) is 10.9. The van der Waals surface area contributed by atoms with Crippen molar-refractivity contribution in [3.63, 3.8) is 0 Å². The van der Waals surface area contributed by atoms with E-state index in [4.69, 9.17) is 0 Å². The van der Waals surface area contributed by atoms with Gasteiger partial charge in [0.25, 0.3) is 5.69 Å². The highest BCUT2D eigenvalue weighted by Gasteiger charge is 2.29. The van der Waals surface area contributed by atoms with Crippen LogP contribution in [0.25, 0.3) is 6.08 Å². The molecule has 1 saturated heterocycles. The number of sulfonamides is 1. The summed E-state index contributed by atoms with van der Waals surface area (Å²) < 4.78 is 27.2. The van der Waals surface area contributed by atoms with E-state index in [1.165, 1.54) is 22.5 Å². The number of hydrogen-bond acceptors (Lipinski definition) is 5. The Bertz CT molecular complexity index is 1090. The molecule has 0 bridgehead atoms. The highest BCUT2D eigenvalue weighted by atomic mass is 32.2. The number of benzene rings is 2. The van der Waals surface area contributed by atoms with Gasteiger partial charge in [0, 0.05) is 44.4 Å². The predicted molar refractivity (Wildman–Crippen MR) is 113 cm³/mol. The first-order chi connectivity index (χ1) is 14.2. The molecule has 3 rings (SSSR count). The average Bonchev–Trinajstić information content (AvgIpc) is 2.74. The number of non-ortho nitro benzene ring substituents is 1. The SMILES string of the molecule is Cc1ccc(S(=O)(=O)N2CCN(C(=O)/C=C/c3ccc([N+](=O)[O-])cc3)CC2)cc1C. The van der Waals surface area contributed by atoms with Crippen LogP contribution in [0.5, 0.6) is 0 Å². The Labute approximate surface area is 175 Å². The molecule has 9 heteroatoms. The summed E-state index contributed by atoms with van der Waals surface area (Å²) in [6.45, 7) is 4.86. The van der Waals surface area contributed by atoms with Crippen molar-refractivity contribution in [2.24, 2.45) is 0 Å². The maximum absolute atomic E-state index is 12.9. The van der Waals surface area contributed by atoms with E-state index < -0.39 is 14.9 Å². The van der Waals surface area contributed by atoms with Gasteiger partial charge < -0.3 is 4.90 Å². The molecular weight excluding hydrogens is 406 g/mol. The highest BCUT2D eigenvalue weighted by Crippen LogP contribution is 2.21. The lowest BCUT2D eigenvalue weighted by Gasteiger charge is -2.33. The third kappa shape index (κ3) is 4.74. The van der Waals surface area contributed by atoms with Crippen molar-refractivity contribution in [3.8, 4) is 0 Å². The molecule has 1 fully saturated rings. The molecule has 158 valence electrons. The number of aryl methyl sites for hydroxylation is 2. The lowest BCUT2D eigenvalue weighted by Crippen LogP contribution is -2.50. The molecule has 0 aliphatic carbocycles. The zero-order chi connectivity index (χ0) is 21.9. The van der Waals surface area contributed by atoms with Crippen LogP contribution in [0.3, 0.4) is 0 Å². The van der Waals surface area contributed by atoms with Crippen LogP contribution in [0.2, 0.25) is 0 Å². The number of nitro groups is 1. The summed E-state index contributed by atoms with van der Waals surface area (Å²) in [4.78, 5) is 24.5. The molecule has 1 aliphatic heterocycles. The summed E-state index contributed by atoms with van der Waals surface area (Å²) in [6.07, 6.45) is 2.99. The van der Waals surface area contributed by atoms with Crippen LogP contribution >= 0.6 is 0 Å². The molecule has 1 heterocycles. The van der Waals surface area contributed by atoms with Crippen LogP contribution in [-0.2, 0) is 14.8 Å². The van der Waals surface area contributed by atoms with E-state index in [1.807, 2.05) is 13.8 Å². The van der Waals surface area contributed by atoms with Gasteiger partial charge in [0.05, 0.1) is 9.82 Å². The van der Waals surface area contributed by atoms with Gasteiger partial charge in [-0.3, -0.25) is 14.9 Å². The summed E-state index contributed by atoms with van der Waals surface area (Å²) in [7, 11) is -3.59. The molecule has 2 aromatic carbocycles. The third-order valence-electron chi connectivity index (χ3n) is 5.19. The molecule has 0 unspecified atom stereocenters. The number of hydrogen-bond donors (Lipinski definition) is 0. The van der Waals surface area contributed by atoms with E-state index in [1.54, 1.807) is 41.3 Å². The molecule has 0 radical (unpaired) electrons. The van der Waals surface area contributed by atoms with E-state index >= 15 is 0 Å². The fourth-order valence-corrected chi connectivity index (χ4v) is 4.66. The van der Waals surface area contributed by atoms with Gasteiger partial charge in [-0.1, -0.05) is 6.07 Å². The van der Waals surface area contributed by atoms with E-state index in [0.717, 1.165) is 11.1 Å².